The van der Waals surface area contributed by atoms with Crippen LogP contribution in [-0.2, 0) is 27.6 Å². The average Bonchev–Trinajstić information content (AvgIpc) is 2.34. The summed E-state index contributed by atoms with van der Waals surface area (Å²) in [7, 11) is -2.91. The van der Waals surface area contributed by atoms with E-state index in [1.165, 1.54) is 0 Å². The average molecular weight is 292 g/mol. The van der Waals surface area contributed by atoms with Gasteiger partial charge in [-0.25, -0.2) is 0 Å². The van der Waals surface area contributed by atoms with Gasteiger partial charge in [0.05, 0.1) is 19.4 Å². The van der Waals surface area contributed by atoms with Crippen LogP contribution in [0.15, 0.2) is 0 Å². The molecule has 0 bridgehead atoms. The van der Waals surface area contributed by atoms with Gasteiger partial charge in [0.15, 0.2) is 0 Å². The van der Waals surface area contributed by atoms with Gasteiger partial charge in [-0.3, -0.25) is 9.59 Å². The Morgan fingerprint density at radius 3 is 1.95 bits per heavy atom. The summed E-state index contributed by atoms with van der Waals surface area (Å²) in [6.07, 6.45) is 0.753. The van der Waals surface area contributed by atoms with Gasteiger partial charge in [0.1, 0.15) is 0 Å². The van der Waals surface area contributed by atoms with Crippen LogP contribution in [0.5, 0.6) is 0 Å². The molecule has 0 N–H and O–H groups in total. The molecule has 0 aliphatic carbocycles. The number of carbonyl (C=O) groups excluding carboxylic acids is 2. The highest BCUT2D eigenvalue weighted by molar-refractivity contribution is 6.60. The van der Waals surface area contributed by atoms with Crippen molar-refractivity contribution >= 4 is 20.7 Å². The zero-order chi connectivity index (χ0) is 14.7. The molecule has 0 unspecified atom stereocenters. The lowest BCUT2D eigenvalue weighted by Crippen LogP contribution is -2.44. The summed E-state index contributed by atoms with van der Waals surface area (Å²) < 4.78 is 20.8. The van der Waals surface area contributed by atoms with Crippen LogP contribution in [0.1, 0.15) is 40.0 Å². The summed E-state index contributed by atoms with van der Waals surface area (Å²) in [6.45, 7) is 8.37. The Balaban J connectivity index is 4.09. The van der Waals surface area contributed by atoms with E-state index in [9.17, 15) is 9.59 Å². The highest BCUT2D eigenvalue weighted by Crippen LogP contribution is 2.11. The molecule has 0 rings (SSSR count). The second-order valence-corrected chi connectivity index (χ2v) is 6.43. The molecular formula is C12H24O6Si. The summed E-state index contributed by atoms with van der Waals surface area (Å²) in [4.78, 5) is 22.9. The van der Waals surface area contributed by atoms with Crippen LogP contribution in [-0.4, -0.2) is 40.6 Å². The lowest BCUT2D eigenvalue weighted by Gasteiger charge is -2.24. The molecule has 0 radical (unpaired) electrons. The monoisotopic (exact) mass is 292 g/mol. The first-order chi connectivity index (χ1) is 8.97. The van der Waals surface area contributed by atoms with Crippen LogP contribution in [0.3, 0.4) is 0 Å². The minimum Gasteiger partial charge on any atom is -0.473 e. The lowest BCUT2D eigenvalue weighted by molar-refractivity contribution is -0.148. The molecule has 19 heavy (non-hydrogen) atoms. The van der Waals surface area contributed by atoms with Crippen molar-refractivity contribution in [2.75, 3.05) is 19.8 Å². The molecule has 0 aromatic carbocycles. The largest absolute Gasteiger partial charge is 0.564 e. The number of hydrogen-bond donors (Lipinski definition) is 0. The zero-order valence-corrected chi connectivity index (χ0v) is 13.2. The highest BCUT2D eigenvalue weighted by Gasteiger charge is 2.38. The van der Waals surface area contributed by atoms with Crippen molar-refractivity contribution in [3.8, 4) is 0 Å². The molecule has 0 saturated heterocycles. The minimum absolute atomic E-state index is 0.0154. The molecule has 0 atom stereocenters. The van der Waals surface area contributed by atoms with E-state index >= 15 is 0 Å². The predicted molar refractivity (Wildman–Crippen MR) is 71.4 cm³/mol. The van der Waals surface area contributed by atoms with Crippen LogP contribution >= 0.6 is 0 Å². The smallest absolute Gasteiger partial charge is 0.473 e. The molecule has 0 fully saturated rings. The number of carbonyl (C=O) groups is 2. The van der Waals surface area contributed by atoms with Crippen LogP contribution in [0.2, 0.25) is 6.55 Å². The van der Waals surface area contributed by atoms with E-state index in [0.717, 1.165) is 6.42 Å². The van der Waals surface area contributed by atoms with Crippen molar-refractivity contribution in [2.24, 2.45) is 0 Å². The van der Waals surface area contributed by atoms with Gasteiger partial charge in [0.2, 0.25) is 0 Å². The Hall–Kier alpha value is -0.923. The van der Waals surface area contributed by atoms with E-state index in [2.05, 4.69) is 0 Å². The fraction of sp³-hybridized carbons (Fsp3) is 0.833. The molecule has 0 aromatic heterocycles. The molecule has 0 aromatic rings. The standard InChI is InChI=1S/C12H24O6Si/c1-5-10-15-11(13)8-9-12(14)18-19(4,16-6-2)17-7-3/h5-10H2,1-4H3. The second-order valence-electron chi connectivity index (χ2n) is 3.92. The number of rotatable bonds is 10. The Labute approximate surface area is 115 Å². The number of ether oxygens (including phenoxy) is 1. The fourth-order valence-corrected chi connectivity index (χ4v) is 3.14. The Morgan fingerprint density at radius 1 is 0.947 bits per heavy atom. The molecule has 0 heterocycles. The third kappa shape index (κ3) is 8.74. The Morgan fingerprint density at radius 2 is 1.47 bits per heavy atom. The van der Waals surface area contributed by atoms with Gasteiger partial charge in [-0.05, 0) is 20.3 Å². The first kappa shape index (κ1) is 18.1. The van der Waals surface area contributed by atoms with Crippen molar-refractivity contribution in [3.05, 3.63) is 0 Å². The van der Waals surface area contributed by atoms with Crippen molar-refractivity contribution in [3.63, 3.8) is 0 Å². The van der Waals surface area contributed by atoms with Gasteiger partial charge in [-0.2, -0.15) is 0 Å². The first-order valence-electron chi connectivity index (χ1n) is 6.62. The van der Waals surface area contributed by atoms with Gasteiger partial charge in [-0.1, -0.05) is 6.92 Å². The number of hydrogen-bond acceptors (Lipinski definition) is 6. The summed E-state index contributed by atoms with van der Waals surface area (Å²) in [6, 6.07) is 0. The van der Waals surface area contributed by atoms with Crippen molar-refractivity contribution < 1.29 is 27.6 Å². The first-order valence-corrected chi connectivity index (χ1v) is 8.85. The van der Waals surface area contributed by atoms with E-state index in [1.54, 1.807) is 20.4 Å². The normalized spacial score (nSPS) is 11.2. The quantitative estimate of drug-likeness (QED) is 0.452. The van der Waals surface area contributed by atoms with Crippen LogP contribution in [0.25, 0.3) is 0 Å². The van der Waals surface area contributed by atoms with Gasteiger partial charge < -0.3 is 18.0 Å². The molecule has 0 aliphatic heterocycles. The molecule has 0 aliphatic rings. The molecule has 0 amide bonds. The van der Waals surface area contributed by atoms with Gasteiger partial charge in [0.25, 0.3) is 5.97 Å². The topological polar surface area (TPSA) is 71.1 Å². The van der Waals surface area contributed by atoms with E-state index in [4.69, 9.17) is 18.0 Å². The number of esters is 1. The van der Waals surface area contributed by atoms with E-state index in [1.807, 2.05) is 6.92 Å². The maximum atomic E-state index is 11.6. The molecule has 0 saturated carbocycles. The van der Waals surface area contributed by atoms with Gasteiger partial charge in [-0.15, -0.1) is 0 Å². The third-order valence-electron chi connectivity index (χ3n) is 2.11. The molecular weight excluding hydrogens is 268 g/mol. The van der Waals surface area contributed by atoms with Gasteiger partial charge >= 0.3 is 14.8 Å². The van der Waals surface area contributed by atoms with E-state index in [0.29, 0.717) is 19.8 Å². The minimum atomic E-state index is -2.91. The fourth-order valence-electron chi connectivity index (χ4n) is 1.37. The SMILES string of the molecule is CCCOC(=O)CCC(=O)O[Si](C)(OCC)OCC. The van der Waals surface area contributed by atoms with Crippen molar-refractivity contribution in [1.29, 1.82) is 0 Å². The van der Waals surface area contributed by atoms with Gasteiger partial charge in [0, 0.05) is 19.8 Å². The van der Waals surface area contributed by atoms with E-state index < -0.39 is 20.7 Å². The molecule has 0 spiro atoms. The van der Waals surface area contributed by atoms with E-state index in [-0.39, 0.29) is 12.8 Å². The maximum Gasteiger partial charge on any atom is 0.564 e. The van der Waals surface area contributed by atoms with Crippen LogP contribution in [0, 0.1) is 0 Å². The Bertz CT molecular complexity index is 275. The summed E-state index contributed by atoms with van der Waals surface area (Å²) in [5.41, 5.74) is 0. The summed E-state index contributed by atoms with van der Waals surface area (Å²) in [5, 5.41) is 0. The highest BCUT2D eigenvalue weighted by atomic mass is 28.4. The summed E-state index contributed by atoms with van der Waals surface area (Å²) in [5.74, 6) is -0.889. The van der Waals surface area contributed by atoms with Crippen LogP contribution < -0.4 is 0 Å². The second kappa shape index (κ2) is 9.94. The maximum absolute atomic E-state index is 11.6. The van der Waals surface area contributed by atoms with Crippen LogP contribution in [0.4, 0.5) is 0 Å². The zero-order valence-electron chi connectivity index (χ0n) is 12.2. The predicted octanol–water partition coefficient (Wildman–Crippen LogP) is 1.90. The van der Waals surface area contributed by atoms with Crippen molar-refractivity contribution in [1.82, 2.24) is 0 Å². The van der Waals surface area contributed by atoms with Crippen molar-refractivity contribution in [2.45, 2.75) is 46.6 Å². The molecule has 6 nitrogen and oxygen atoms in total. The Kier molecular flexibility index (Phi) is 9.45. The molecule has 112 valence electrons. The lowest BCUT2D eigenvalue weighted by atomic mass is 10.3. The summed E-state index contributed by atoms with van der Waals surface area (Å²) >= 11 is 0. The molecule has 7 heteroatoms. The third-order valence-corrected chi connectivity index (χ3v) is 4.34.